The number of likely N-dealkylation sites (tertiary alicyclic amines) is 2. The van der Waals surface area contributed by atoms with Crippen LogP contribution in [0.2, 0.25) is 0 Å². The second-order valence-electron chi connectivity index (χ2n) is 8.59. The lowest BCUT2D eigenvalue weighted by molar-refractivity contribution is 0.143. The van der Waals surface area contributed by atoms with Gasteiger partial charge >= 0.3 is 0 Å². The van der Waals surface area contributed by atoms with E-state index in [0.717, 1.165) is 6.04 Å². The minimum atomic E-state index is 0.371. The topological polar surface area (TPSA) is 26.7 Å². The predicted molar refractivity (Wildman–Crippen MR) is 109 cm³/mol. The molecule has 0 spiro atoms. The Morgan fingerprint density at radius 3 is 2.33 bits per heavy atom. The quantitative estimate of drug-likeness (QED) is 0.880. The molecule has 5 rings (SSSR count). The van der Waals surface area contributed by atoms with Crippen molar-refractivity contribution in [3.8, 4) is 5.75 Å². The van der Waals surface area contributed by atoms with Crippen LogP contribution in [-0.2, 0) is 6.42 Å². The van der Waals surface area contributed by atoms with Crippen LogP contribution in [0.1, 0.15) is 54.3 Å². The molecular weight excluding hydrogens is 332 g/mol. The van der Waals surface area contributed by atoms with Crippen LogP contribution in [0.5, 0.6) is 5.75 Å². The third kappa shape index (κ3) is 3.39. The maximum atomic E-state index is 9.50. The van der Waals surface area contributed by atoms with E-state index in [1.807, 2.05) is 12.1 Å². The van der Waals surface area contributed by atoms with E-state index < -0.39 is 0 Å². The van der Waals surface area contributed by atoms with E-state index in [1.165, 1.54) is 63.8 Å². The summed E-state index contributed by atoms with van der Waals surface area (Å²) in [5, 5.41) is 9.50. The molecule has 1 N–H and O–H groups in total. The fourth-order valence-electron chi connectivity index (χ4n) is 5.61. The van der Waals surface area contributed by atoms with Crippen molar-refractivity contribution in [2.75, 3.05) is 26.2 Å². The summed E-state index contributed by atoms with van der Waals surface area (Å²) >= 11 is 0. The molecule has 2 aliphatic heterocycles. The summed E-state index contributed by atoms with van der Waals surface area (Å²) in [6.45, 7) is 4.92. The van der Waals surface area contributed by atoms with E-state index in [2.05, 4.69) is 46.2 Å². The summed E-state index contributed by atoms with van der Waals surface area (Å²) in [4.78, 5) is 5.50. The molecule has 1 aliphatic carbocycles. The Hall–Kier alpha value is -1.84. The molecule has 0 aromatic heterocycles. The van der Waals surface area contributed by atoms with Gasteiger partial charge in [0.1, 0.15) is 5.75 Å². The molecule has 142 valence electrons. The Labute approximate surface area is 162 Å². The van der Waals surface area contributed by atoms with Crippen molar-refractivity contribution in [2.24, 2.45) is 0 Å². The summed E-state index contributed by atoms with van der Waals surface area (Å²) in [7, 11) is 0. The number of rotatable bonds is 3. The average molecular weight is 363 g/mol. The maximum absolute atomic E-state index is 9.50. The van der Waals surface area contributed by atoms with Crippen LogP contribution in [0.15, 0.2) is 48.5 Å². The third-order valence-electron chi connectivity index (χ3n) is 7.15. The highest BCUT2D eigenvalue weighted by molar-refractivity contribution is 5.34. The molecular formula is C24H30N2O. The highest BCUT2D eigenvalue weighted by Gasteiger charge is 2.36. The first kappa shape index (κ1) is 17.3. The summed E-state index contributed by atoms with van der Waals surface area (Å²) in [6, 6.07) is 18.3. The van der Waals surface area contributed by atoms with Gasteiger partial charge in [0, 0.05) is 25.2 Å². The Morgan fingerprint density at radius 1 is 0.778 bits per heavy atom. The Morgan fingerprint density at radius 2 is 1.52 bits per heavy atom. The molecule has 2 fully saturated rings. The lowest BCUT2D eigenvalue weighted by Gasteiger charge is -2.36. The van der Waals surface area contributed by atoms with E-state index in [0.29, 0.717) is 17.7 Å². The van der Waals surface area contributed by atoms with Gasteiger partial charge in [-0.1, -0.05) is 36.4 Å². The summed E-state index contributed by atoms with van der Waals surface area (Å²) in [5.74, 6) is 1.02. The van der Waals surface area contributed by atoms with Crippen LogP contribution in [0.25, 0.3) is 0 Å². The summed E-state index contributed by atoms with van der Waals surface area (Å²) < 4.78 is 0. The summed E-state index contributed by atoms with van der Waals surface area (Å²) in [6.07, 6.45) is 6.36. The van der Waals surface area contributed by atoms with Crippen LogP contribution in [0.4, 0.5) is 0 Å². The second kappa shape index (κ2) is 7.29. The Kier molecular flexibility index (Phi) is 4.66. The SMILES string of the molecule is Oc1ccc(C2CCN(C3CCN(C4CCc5ccccc54)C3)CC2)cc1. The van der Waals surface area contributed by atoms with Crippen molar-refractivity contribution >= 4 is 0 Å². The van der Waals surface area contributed by atoms with Crippen LogP contribution < -0.4 is 0 Å². The van der Waals surface area contributed by atoms with Gasteiger partial charge in [-0.05, 0) is 79.9 Å². The molecule has 2 saturated heterocycles. The average Bonchev–Trinajstić information content (AvgIpc) is 3.36. The highest BCUT2D eigenvalue weighted by atomic mass is 16.3. The van der Waals surface area contributed by atoms with Gasteiger partial charge in [0.2, 0.25) is 0 Å². The lowest BCUT2D eigenvalue weighted by Crippen LogP contribution is -2.42. The molecule has 2 aromatic rings. The molecule has 0 saturated carbocycles. The lowest BCUT2D eigenvalue weighted by atomic mass is 9.89. The van der Waals surface area contributed by atoms with Crippen molar-refractivity contribution in [1.29, 1.82) is 0 Å². The number of aromatic hydroxyl groups is 1. The number of hydrogen-bond donors (Lipinski definition) is 1. The number of phenolic OH excluding ortho intramolecular Hbond substituents is 1. The van der Waals surface area contributed by atoms with Crippen molar-refractivity contribution in [3.63, 3.8) is 0 Å². The molecule has 0 radical (unpaired) electrons. The highest BCUT2D eigenvalue weighted by Crippen LogP contribution is 2.38. The van der Waals surface area contributed by atoms with Crippen LogP contribution in [0, 0.1) is 0 Å². The molecule has 0 bridgehead atoms. The molecule has 2 heterocycles. The largest absolute Gasteiger partial charge is 0.508 e. The molecule has 3 heteroatoms. The Bertz CT molecular complexity index is 779. The standard InChI is InChI=1S/C24H30N2O/c27-22-8-5-18(6-9-22)19-11-14-25(15-12-19)21-13-16-26(17-21)24-10-7-20-3-1-2-4-23(20)24/h1-6,8-9,19,21,24,27H,7,10-17H2. The monoisotopic (exact) mass is 362 g/mol. The molecule has 3 aliphatic rings. The van der Waals surface area contributed by atoms with Crippen molar-refractivity contribution in [2.45, 2.75) is 50.1 Å². The van der Waals surface area contributed by atoms with E-state index in [1.54, 1.807) is 11.1 Å². The van der Waals surface area contributed by atoms with Crippen molar-refractivity contribution in [1.82, 2.24) is 9.80 Å². The van der Waals surface area contributed by atoms with E-state index >= 15 is 0 Å². The smallest absolute Gasteiger partial charge is 0.115 e. The first-order chi connectivity index (χ1) is 13.3. The van der Waals surface area contributed by atoms with E-state index in [-0.39, 0.29) is 0 Å². The van der Waals surface area contributed by atoms with Gasteiger partial charge in [-0.15, -0.1) is 0 Å². The molecule has 2 atom stereocenters. The number of benzene rings is 2. The minimum Gasteiger partial charge on any atom is -0.508 e. The molecule has 2 aromatic carbocycles. The first-order valence-corrected chi connectivity index (χ1v) is 10.6. The number of fused-ring (bicyclic) bond motifs is 1. The van der Waals surface area contributed by atoms with Gasteiger partial charge in [0.15, 0.2) is 0 Å². The zero-order valence-electron chi connectivity index (χ0n) is 16.1. The molecule has 0 amide bonds. The van der Waals surface area contributed by atoms with Crippen LogP contribution in [-0.4, -0.2) is 47.1 Å². The number of nitrogens with zero attached hydrogens (tertiary/aromatic N) is 2. The van der Waals surface area contributed by atoms with Crippen molar-refractivity contribution in [3.05, 3.63) is 65.2 Å². The number of hydrogen-bond acceptors (Lipinski definition) is 3. The van der Waals surface area contributed by atoms with Crippen LogP contribution >= 0.6 is 0 Å². The zero-order chi connectivity index (χ0) is 18.2. The van der Waals surface area contributed by atoms with Gasteiger partial charge in [0.25, 0.3) is 0 Å². The second-order valence-corrected chi connectivity index (χ2v) is 8.59. The minimum absolute atomic E-state index is 0.371. The number of aryl methyl sites for hydroxylation is 1. The van der Waals surface area contributed by atoms with E-state index in [4.69, 9.17) is 0 Å². The number of phenols is 1. The number of piperidine rings is 1. The maximum Gasteiger partial charge on any atom is 0.115 e. The normalized spacial score (nSPS) is 27.1. The zero-order valence-corrected chi connectivity index (χ0v) is 16.1. The summed E-state index contributed by atoms with van der Waals surface area (Å²) in [5.41, 5.74) is 4.55. The van der Waals surface area contributed by atoms with Gasteiger partial charge in [-0.3, -0.25) is 9.80 Å². The van der Waals surface area contributed by atoms with Gasteiger partial charge < -0.3 is 5.11 Å². The molecule has 27 heavy (non-hydrogen) atoms. The van der Waals surface area contributed by atoms with Crippen molar-refractivity contribution < 1.29 is 5.11 Å². The van der Waals surface area contributed by atoms with Gasteiger partial charge in [0.05, 0.1) is 0 Å². The van der Waals surface area contributed by atoms with Crippen LogP contribution in [0.3, 0.4) is 0 Å². The predicted octanol–water partition coefficient (Wildman–Crippen LogP) is 4.33. The fraction of sp³-hybridized carbons (Fsp3) is 0.500. The first-order valence-electron chi connectivity index (χ1n) is 10.6. The van der Waals surface area contributed by atoms with Gasteiger partial charge in [-0.25, -0.2) is 0 Å². The molecule has 3 nitrogen and oxygen atoms in total. The van der Waals surface area contributed by atoms with Gasteiger partial charge in [-0.2, -0.15) is 0 Å². The fourth-order valence-corrected chi connectivity index (χ4v) is 5.61. The Balaban J connectivity index is 1.18. The molecule has 2 unspecified atom stereocenters. The third-order valence-corrected chi connectivity index (χ3v) is 7.15. The van der Waals surface area contributed by atoms with E-state index in [9.17, 15) is 5.11 Å².